The van der Waals surface area contributed by atoms with Crippen molar-refractivity contribution in [2.75, 3.05) is 25.1 Å². The molecule has 2 heterocycles. The Balaban J connectivity index is 1.37. The van der Waals surface area contributed by atoms with Gasteiger partial charge in [0.05, 0.1) is 7.11 Å². The third-order valence-corrected chi connectivity index (χ3v) is 6.21. The lowest BCUT2D eigenvalue weighted by Crippen LogP contribution is -2.40. The molecule has 4 rings (SSSR count). The summed E-state index contributed by atoms with van der Waals surface area (Å²) in [6.45, 7) is 1.69. The number of ether oxygens (including phenoxy) is 1. The van der Waals surface area contributed by atoms with Crippen LogP contribution in [0.1, 0.15) is 24.8 Å². The zero-order valence-corrected chi connectivity index (χ0v) is 16.9. The second kappa shape index (κ2) is 8.61. The van der Waals surface area contributed by atoms with Crippen LogP contribution in [0.25, 0.3) is 10.8 Å². The third kappa shape index (κ3) is 3.97. The van der Waals surface area contributed by atoms with E-state index in [0.717, 1.165) is 41.2 Å². The van der Waals surface area contributed by atoms with E-state index in [2.05, 4.69) is 33.4 Å². The number of fused-ring (bicyclic) bond motifs is 1. The lowest BCUT2D eigenvalue weighted by atomic mass is 9.99. The van der Waals surface area contributed by atoms with Crippen molar-refractivity contribution in [3.63, 3.8) is 0 Å². The number of aryl methyl sites for hydroxylation is 1. The van der Waals surface area contributed by atoms with Gasteiger partial charge < -0.3 is 15.0 Å². The predicted molar refractivity (Wildman–Crippen MR) is 114 cm³/mol. The van der Waals surface area contributed by atoms with Crippen LogP contribution in [-0.4, -0.2) is 37.1 Å². The first kappa shape index (κ1) is 18.7. The molecule has 1 aliphatic rings. The van der Waals surface area contributed by atoms with Crippen LogP contribution in [0.5, 0.6) is 5.75 Å². The Bertz CT molecular complexity index is 942. The Morgan fingerprint density at radius 3 is 3.04 bits per heavy atom. The van der Waals surface area contributed by atoms with E-state index in [1.807, 2.05) is 29.8 Å². The molecule has 28 heavy (non-hydrogen) atoms. The van der Waals surface area contributed by atoms with Crippen LogP contribution in [-0.2, 0) is 11.2 Å². The van der Waals surface area contributed by atoms with Gasteiger partial charge in [-0.15, -0.1) is 11.3 Å². The maximum atomic E-state index is 12.5. The molecular formula is C22H25N3O2S. The molecule has 1 atom stereocenters. The molecule has 1 aliphatic heterocycles. The number of aromatic nitrogens is 1. The number of benzene rings is 2. The second-order valence-electron chi connectivity index (χ2n) is 7.08. The van der Waals surface area contributed by atoms with Crippen molar-refractivity contribution in [1.29, 1.82) is 0 Å². The number of methoxy groups -OCH3 is 1. The average Bonchev–Trinajstić information content (AvgIpc) is 3.41. The van der Waals surface area contributed by atoms with Crippen LogP contribution in [0.4, 0.5) is 5.13 Å². The van der Waals surface area contributed by atoms with E-state index in [-0.39, 0.29) is 5.91 Å². The van der Waals surface area contributed by atoms with Crippen molar-refractivity contribution in [2.24, 2.45) is 0 Å². The minimum absolute atomic E-state index is 0.0842. The molecule has 146 valence electrons. The second-order valence-corrected chi connectivity index (χ2v) is 7.95. The fourth-order valence-electron chi connectivity index (χ4n) is 3.98. The van der Waals surface area contributed by atoms with E-state index in [9.17, 15) is 4.79 Å². The fourth-order valence-corrected chi connectivity index (χ4v) is 4.72. The monoisotopic (exact) mass is 395 g/mol. The van der Waals surface area contributed by atoms with Gasteiger partial charge in [-0.25, -0.2) is 4.98 Å². The van der Waals surface area contributed by atoms with Crippen LogP contribution in [0.2, 0.25) is 0 Å². The number of thiazole rings is 1. The van der Waals surface area contributed by atoms with E-state index in [1.165, 1.54) is 5.39 Å². The van der Waals surface area contributed by atoms with Gasteiger partial charge in [-0.1, -0.05) is 30.3 Å². The molecule has 6 heteroatoms. The normalized spacial score (nSPS) is 16.5. The fraction of sp³-hybridized carbons (Fsp3) is 0.364. The number of hydrogen-bond acceptors (Lipinski definition) is 5. The molecule has 0 saturated carbocycles. The summed E-state index contributed by atoms with van der Waals surface area (Å²) in [4.78, 5) is 19.3. The van der Waals surface area contributed by atoms with Gasteiger partial charge in [0, 0.05) is 42.7 Å². The first-order chi connectivity index (χ1) is 13.8. The zero-order chi connectivity index (χ0) is 19.3. The van der Waals surface area contributed by atoms with Crippen LogP contribution < -0.4 is 15.0 Å². The molecule has 0 unspecified atom stereocenters. The number of rotatable bonds is 7. The first-order valence-electron chi connectivity index (χ1n) is 9.73. The largest absolute Gasteiger partial charge is 0.496 e. The average molecular weight is 396 g/mol. The Labute approximate surface area is 169 Å². The summed E-state index contributed by atoms with van der Waals surface area (Å²) in [5.41, 5.74) is 1.10. The summed E-state index contributed by atoms with van der Waals surface area (Å²) < 4.78 is 5.54. The highest BCUT2D eigenvalue weighted by molar-refractivity contribution is 7.13. The summed E-state index contributed by atoms with van der Waals surface area (Å²) >= 11 is 1.66. The van der Waals surface area contributed by atoms with Gasteiger partial charge in [-0.3, -0.25) is 4.79 Å². The van der Waals surface area contributed by atoms with Gasteiger partial charge in [0.2, 0.25) is 5.91 Å². The lowest BCUT2D eigenvalue weighted by Gasteiger charge is -2.24. The molecule has 0 radical (unpaired) electrons. The highest BCUT2D eigenvalue weighted by Crippen LogP contribution is 2.29. The zero-order valence-electron chi connectivity index (χ0n) is 16.1. The lowest BCUT2D eigenvalue weighted by molar-refractivity contribution is -0.121. The molecule has 1 fully saturated rings. The number of amides is 1. The first-order valence-corrected chi connectivity index (χ1v) is 10.6. The van der Waals surface area contributed by atoms with Crippen molar-refractivity contribution in [3.8, 4) is 5.75 Å². The molecule has 2 aromatic carbocycles. The SMILES string of the molecule is COc1ccc2ccccc2c1CCC(=O)NC[C@@H]1CCCN1c1nccs1. The molecule has 1 aromatic heterocycles. The predicted octanol–water partition coefficient (Wildman–Crippen LogP) is 4.02. The van der Waals surface area contributed by atoms with Gasteiger partial charge in [-0.05, 0) is 36.1 Å². The molecule has 1 saturated heterocycles. The van der Waals surface area contributed by atoms with Crippen LogP contribution >= 0.6 is 11.3 Å². The highest BCUT2D eigenvalue weighted by Gasteiger charge is 2.26. The van der Waals surface area contributed by atoms with Crippen molar-refractivity contribution < 1.29 is 9.53 Å². The van der Waals surface area contributed by atoms with Crippen LogP contribution in [0.15, 0.2) is 48.0 Å². The van der Waals surface area contributed by atoms with Crippen molar-refractivity contribution in [2.45, 2.75) is 31.7 Å². The smallest absolute Gasteiger partial charge is 0.220 e. The summed E-state index contributed by atoms with van der Waals surface area (Å²) in [6.07, 6.45) is 5.20. The number of nitrogens with one attached hydrogen (secondary N) is 1. The number of carbonyl (C=O) groups excluding carboxylic acids is 1. The van der Waals surface area contributed by atoms with E-state index in [4.69, 9.17) is 4.74 Å². The Morgan fingerprint density at radius 1 is 1.32 bits per heavy atom. The van der Waals surface area contributed by atoms with Gasteiger partial charge >= 0.3 is 0 Å². The van der Waals surface area contributed by atoms with Gasteiger partial charge in [0.25, 0.3) is 0 Å². The van der Waals surface area contributed by atoms with Gasteiger partial charge in [0.15, 0.2) is 5.13 Å². The molecule has 0 spiro atoms. The molecule has 3 aromatic rings. The summed E-state index contributed by atoms with van der Waals surface area (Å²) in [6, 6.07) is 12.6. The summed E-state index contributed by atoms with van der Waals surface area (Å²) in [5.74, 6) is 0.929. The van der Waals surface area contributed by atoms with Crippen molar-refractivity contribution in [3.05, 3.63) is 53.5 Å². The quantitative estimate of drug-likeness (QED) is 0.656. The van der Waals surface area contributed by atoms with Gasteiger partial charge in [-0.2, -0.15) is 0 Å². The standard InChI is InChI=1S/C22H25N3O2S/c1-27-20-10-8-16-5-2-3-7-18(16)19(20)9-11-21(26)24-15-17-6-4-13-25(17)22-23-12-14-28-22/h2-3,5,7-8,10,12,14,17H,4,6,9,11,13,15H2,1H3,(H,24,26)/t17-/m0/s1. The Morgan fingerprint density at radius 2 is 2.21 bits per heavy atom. The van der Waals surface area contributed by atoms with Gasteiger partial charge in [0.1, 0.15) is 5.75 Å². The molecule has 0 aliphatic carbocycles. The maximum absolute atomic E-state index is 12.5. The maximum Gasteiger partial charge on any atom is 0.220 e. The van der Waals surface area contributed by atoms with Crippen LogP contribution in [0.3, 0.4) is 0 Å². The topological polar surface area (TPSA) is 54.5 Å². The van der Waals surface area contributed by atoms with E-state index >= 15 is 0 Å². The number of nitrogens with zero attached hydrogens (tertiary/aromatic N) is 2. The summed E-state index contributed by atoms with van der Waals surface area (Å²) in [5, 5.41) is 8.50. The summed E-state index contributed by atoms with van der Waals surface area (Å²) in [7, 11) is 1.68. The van der Waals surface area contributed by atoms with E-state index in [0.29, 0.717) is 25.4 Å². The molecule has 1 N–H and O–H groups in total. The van der Waals surface area contributed by atoms with E-state index < -0.39 is 0 Å². The number of hydrogen-bond donors (Lipinski definition) is 1. The Kier molecular flexibility index (Phi) is 5.76. The van der Waals surface area contributed by atoms with Crippen molar-refractivity contribution >= 4 is 33.1 Å². The number of carbonyl (C=O) groups is 1. The molecule has 5 nitrogen and oxygen atoms in total. The minimum Gasteiger partial charge on any atom is -0.496 e. The third-order valence-electron chi connectivity index (χ3n) is 5.40. The van der Waals surface area contributed by atoms with E-state index in [1.54, 1.807) is 18.4 Å². The number of anilines is 1. The molecule has 1 amide bonds. The Hall–Kier alpha value is -2.60. The van der Waals surface area contributed by atoms with Crippen LogP contribution in [0, 0.1) is 0 Å². The highest BCUT2D eigenvalue weighted by atomic mass is 32.1. The molecular weight excluding hydrogens is 370 g/mol. The minimum atomic E-state index is 0.0842. The molecule has 0 bridgehead atoms. The van der Waals surface area contributed by atoms with Crippen molar-refractivity contribution in [1.82, 2.24) is 10.3 Å².